The molecule has 0 spiro atoms. The average Bonchev–Trinajstić information content (AvgIpc) is 2.83. The molecule has 2 atom stereocenters. The summed E-state index contributed by atoms with van der Waals surface area (Å²) in [5, 5.41) is 6.61. The van der Waals surface area contributed by atoms with Crippen LogP contribution in [0.4, 0.5) is 0 Å². The average molecular weight is 294 g/mol. The van der Waals surface area contributed by atoms with Crippen LogP contribution in [0.5, 0.6) is 0 Å². The van der Waals surface area contributed by atoms with Gasteiger partial charge in [0, 0.05) is 34.7 Å². The molecule has 4 heteroatoms. The van der Waals surface area contributed by atoms with E-state index in [0.29, 0.717) is 12.5 Å². The molecule has 3 nitrogen and oxygen atoms in total. The fourth-order valence-electron chi connectivity index (χ4n) is 2.77. The van der Waals surface area contributed by atoms with E-state index in [1.807, 2.05) is 11.3 Å². The molecule has 0 bridgehead atoms. The van der Waals surface area contributed by atoms with Crippen LogP contribution in [0.3, 0.4) is 0 Å². The second-order valence-corrected chi connectivity index (χ2v) is 7.24. The smallest absolute Gasteiger partial charge is 0.220 e. The summed E-state index contributed by atoms with van der Waals surface area (Å²) in [6.07, 6.45) is 6.35. The molecule has 1 saturated heterocycles. The minimum atomic E-state index is 0.193. The highest BCUT2D eigenvalue weighted by molar-refractivity contribution is 7.11. The van der Waals surface area contributed by atoms with E-state index in [4.69, 9.17) is 0 Å². The zero-order valence-electron chi connectivity index (χ0n) is 12.6. The Labute approximate surface area is 126 Å². The topological polar surface area (TPSA) is 41.1 Å². The highest BCUT2D eigenvalue weighted by Gasteiger charge is 2.15. The molecule has 1 fully saturated rings. The van der Waals surface area contributed by atoms with Crippen LogP contribution in [0.15, 0.2) is 12.1 Å². The van der Waals surface area contributed by atoms with Crippen LogP contribution in [0.2, 0.25) is 0 Å². The number of aryl methyl sites for hydroxylation is 1. The summed E-state index contributed by atoms with van der Waals surface area (Å²) in [7, 11) is 0. The number of hydrogen-bond donors (Lipinski definition) is 2. The van der Waals surface area contributed by atoms with Gasteiger partial charge in [-0.1, -0.05) is 6.42 Å². The van der Waals surface area contributed by atoms with Crippen LogP contribution in [0.1, 0.15) is 48.8 Å². The van der Waals surface area contributed by atoms with Crippen LogP contribution in [-0.4, -0.2) is 24.5 Å². The lowest BCUT2D eigenvalue weighted by Crippen LogP contribution is -2.37. The molecule has 1 aliphatic heterocycles. The van der Waals surface area contributed by atoms with Gasteiger partial charge in [-0.2, -0.15) is 0 Å². The number of piperidine rings is 1. The second-order valence-electron chi connectivity index (χ2n) is 5.87. The number of hydrogen-bond acceptors (Lipinski definition) is 3. The first-order chi connectivity index (χ1) is 9.63. The molecule has 1 aromatic rings. The molecular formula is C16H26N2OS. The van der Waals surface area contributed by atoms with Crippen molar-refractivity contribution in [1.82, 2.24) is 10.6 Å². The van der Waals surface area contributed by atoms with Crippen molar-refractivity contribution in [3.8, 4) is 0 Å². The summed E-state index contributed by atoms with van der Waals surface area (Å²) in [6, 6.07) is 5.07. The molecule has 2 unspecified atom stereocenters. The third-order valence-electron chi connectivity index (χ3n) is 3.84. The van der Waals surface area contributed by atoms with Gasteiger partial charge in [0.25, 0.3) is 0 Å². The van der Waals surface area contributed by atoms with Gasteiger partial charge >= 0.3 is 0 Å². The van der Waals surface area contributed by atoms with Gasteiger partial charge in [-0.3, -0.25) is 4.79 Å². The molecule has 1 aromatic heterocycles. The Bertz CT molecular complexity index is 424. The van der Waals surface area contributed by atoms with Gasteiger partial charge in [-0.25, -0.2) is 0 Å². The highest BCUT2D eigenvalue weighted by Crippen LogP contribution is 2.17. The van der Waals surface area contributed by atoms with Crippen LogP contribution in [-0.2, 0) is 11.2 Å². The monoisotopic (exact) mass is 294 g/mol. The predicted octanol–water partition coefficient (Wildman–Crippen LogP) is 3.03. The minimum absolute atomic E-state index is 0.193. The first kappa shape index (κ1) is 15.5. The number of rotatable bonds is 6. The summed E-state index contributed by atoms with van der Waals surface area (Å²) in [6.45, 7) is 5.32. The van der Waals surface area contributed by atoms with E-state index in [9.17, 15) is 4.79 Å². The van der Waals surface area contributed by atoms with Crippen LogP contribution in [0.25, 0.3) is 0 Å². The fourth-order valence-corrected chi connectivity index (χ4v) is 3.79. The molecule has 20 heavy (non-hydrogen) atoms. The maximum Gasteiger partial charge on any atom is 0.220 e. The van der Waals surface area contributed by atoms with E-state index >= 15 is 0 Å². The molecule has 2 rings (SSSR count). The van der Waals surface area contributed by atoms with Gasteiger partial charge < -0.3 is 10.6 Å². The Hall–Kier alpha value is -0.870. The molecule has 1 aliphatic rings. The molecule has 2 heterocycles. The van der Waals surface area contributed by atoms with Gasteiger partial charge in [-0.05, 0) is 51.8 Å². The van der Waals surface area contributed by atoms with Crippen LogP contribution in [0, 0.1) is 6.92 Å². The van der Waals surface area contributed by atoms with Gasteiger partial charge in [0.1, 0.15) is 0 Å². The van der Waals surface area contributed by atoms with E-state index in [-0.39, 0.29) is 11.9 Å². The third kappa shape index (κ3) is 5.25. The van der Waals surface area contributed by atoms with Gasteiger partial charge in [0.05, 0.1) is 0 Å². The van der Waals surface area contributed by atoms with Crippen molar-refractivity contribution in [1.29, 1.82) is 0 Å². The lowest BCUT2D eigenvalue weighted by Gasteiger charge is -2.23. The molecule has 112 valence electrons. The quantitative estimate of drug-likeness (QED) is 0.847. The van der Waals surface area contributed by atoms with Crippen molar-refractivity contribution < 1.29 is 4.79 Å². The van der Waals surface area contributed by atoms with Crippen molar-refractivity contribution in [2.75, 3.05) is 6.54 Å². The first-order valence-electron chi connectivity index (χ1n) is 7.71. The highest BCUT2D eigenvalue weighted by atomic mass is 32.1. The lowest BCUT2D eigenvalue weighted by molar-refractivity contribution is -0.121. The maximum absolute atomic E-state index is 12.0. The molecule has 2 N–H and O–H groups in total. The molecule has 0 radical (unpaired) electrons. The number of amides is 1. The van der Waals surface area contributed by atoms with Crippen molar-refractivity contribution in [3.05, 3.63) is 21.9 Å². The van der Waals surface area contributed by atoms with Gasteiger partial charge in [0.15, 0.2) is 0 Å². The molecule has 0 aliphatic carbocycles. The van der Waals surface area contributed by atoms with Gasteiger partial charge in [-0.15, -0.1) is 11.3 Å². The van der Waals surface area contributed by atoms with E-state index in [1.54, 1.807) is 0 Å². The maximum atomic E-state index is 12.0. The van der Waals surface area contributed by atoms with Crippen molar-refractivity contribution in [2.24, 2.45) is 0 Å². The molecular weight excluding hydrogens is 268 g/mol. The standard InChI is InChI=1S/C16H26N2OS/c1-12(11-15-8-6-13(2)20-15)18-16(19)9-7-14-5-3-4-10-17-14/h6,8,12,14,17H,3-5,7,9-11H2,1-2H3,(H,18,19). The van der Waals surface area contributed by atoms with Crippen LogP contribution >= 0.6 is 11.3 Å². The van der Waals surface area contributed by atoms with E-state index in [0.717, 1.165) is 19.4 Å². The fraction of sp³-hybridized carbons (Fsp3) is 0.688. The van der Waals surface area contributed by atoms with Gasteiger partial charge in [0.2, 0.25) is 5.91 Å². The Balaban J connectivity index is 1.65. The minimum Gasteiger partial charge on any atom is -0.353 e. The summed E-state index contributed by atoms with van der Waals surface area (Å²) in [4.78, 5) is 14.6. The Morgan fingerprint density at radius 2 is 2.35 bits per heavy atom. The third-order valence-corrected chi connectivity index (χ3v) is 4.87. The number of carbonyl (C=O) groups is 1. The van der Waals surface area contributed by atoms with Crippen molar-refractivity contribution in [3.63, 3.8) is 0 Å². The SMILES string of the molecule is Cc1ccc(CC(C)NC(=O)CCC2CCCCN2)s1. The Kier molecular flexibility index (Phi) is 6.05. The number of carbonyl (C=O) groups excluding carboxylic acids is 1. The van der Waals surface area contributed by atoms with E-state index < -0.39 is 0 Å². The largest absolute Gasteiger partial charge is 0.353 e. The number of nitrogens with one attached hydrogen (secondary N) is 2. The van der Waals surface area contributed by atoms with E-state index in [1.165, 1.54) is 29.0 Å². The number of thiophene rings is 1. The molecule has 1 amide bonds. The lowest BCUT2D eigenvalue weighted by atomic mass is 10.0. The summed E-state index contributed by atoms with van der Waals surface area (Å²) >= 11 is 1.82. The van der Waals surface area contributed by atoms with Crippen molar-refractivity contribution >= 4 is 17.2 Å². The zero-order chi connectivity index (χ0) is 14.4. The zero-order valence-corrected chi connectivity index (χ0v) is 13.4. The second kappa shape index (κ2) is 7.79. The summed E-state index contributed by atoms with van der Waals surface area (Å²) < 4.78 is 0. The molecule has 0 aromatic carbocycles. The normalized spacial score (nSPS) is 20.6. The van der Waals surface area contributed by atoms with Crippen LogP contribution < -0.4 is 10.6 Å². The Morgan fingerprint density at radius 1 is 1.50 bits per heavy atom. The molecule has 0 saturated carbocycles. The summed E-state index contributed by atoms with van der Waals surface area (Å²) in [5.41, 5.74) is 0. The summed E-state index contributed by atoms with van der Waals surface area (Å²) in [5.74, 6) is 0.193. The first-order valence-corrected chi connectivity index (χ1v) is 8.53. The van der Waals surface area contributed by atoms with E-state index in [2.05, 4.69) is 36.6 Å². The Morgan fingerprint density at radius 3 is 3.00 bits per heavy atom. The predicted molar refractivity (Wildman–Crippen MR) is 85.2 cm³/mol. The van der Waals surface area contributed by atoms with Crippen molar-refractivity contribution in [2.45, 2.75) is 64.5 Å².